The smallest absolute Gasteiger partial charge is 0.0518 e. The second-order valence-corrected chi connectivity index (χ2v) is 5.53. The molecule has 0 aromatic heterocycles. The van der Waals surface area contributed by atoms with E-state index in [9.17, 15) is 0 Å². The largest absolute Gasteiger partial charge is 0.379 e. The Morgan fingerprint density at radius 2 is 1.90 bits per heavy atom. The monoisotopic (exact) mass is 208 g/mol. The highest BCUT2D eigenvalue weighted by molar-refractivity contribution is 9.10. The number of hydrogen-bond donors (Lipinski definition) is 0. The van der Waals surface area contributed by atoms with Crippen LogP contribution in [0.4, 0.5) is 0 Å². The van der Waals surface area contributed by atoms with Gasteiger partial charge in [-0.3, -0.25) is 0 Å². The molecular weight excluding hydrogens is 192 g/mol. The lowest BCUT2D eigenvalue weighted by atomic mass is 10.1. The quantitative estimate of drug-likeness (QED) is 0.646. The summed E-state index contributed by atoms with van der Waals surface area (Å²) in [5.41, 5.74) is 0. The molecule has 0 bridgehead atoms. The van der Waals surface area contributed by atoms with E-state index < -0.39 is 0 Å². The molecule has 0 atom stereocenters. The molecule has 2 heteroatoms. The van der Waals surface area contributed by atoms with Crippen LogP contribution in [-0.2, 0) is 4.74 Å². The Kier molecular flexibility index (Phi) is 4.54. The van der Waals surface area contributed by atoms with Crippen LogP contribution in [0.2, 0.25) is 0 Å². The predicted molar refractivity (Wildman–Crippen MR) is 48.7 cm³/mol. The number of halogens is 1. The van der Waals surface area contributed by atoms with Crippen LogP contribution in [0.3, 0.4) is 0 Å². The second kappa shape index (κ2) is 4.35. The molecule has 0 aromatic rings. The van der Waals surface area contributed by atoms with Crippen molar-refractivity contribution in [2.45, 2.75) is 44.5 Å². The van der Waals surface area contributed by atoms with E-state index in [0.29, 0.717) is 6.10 Å². The summed E-state index contributed by atoms with van der Waals surface area (Å²) in [6.07, 6.45) is 1.42. The minimum absolute atomic E-state index is 0.224. The van der Waals surface area contributed by atoms with E-state index in [1.807, 2.05) is 0 Å². The van der Waals surface area contributed by atoms with Crippen LogP contribution in [0, 0.1) is 0 Å². The SMILES string of the molecule is CC(C)OCCC(C)(C)Br. The lowest BCUT2D eigenvalue weighted by Gasteiger charge is -2.16. The lowest BCUT2D eigenvalue weighted by Crippen LogP contribution is -2.15. The van der Waals surface area contributed by atoms with Gasteiger partial charge in [0.2, 0.25) is 0 Å². The minimum Gasteiger partial charge on any atom is -0.379 e. The van der Waals surface area contributed by atoms with E-state index in [2.05, 4.69) is 43.6 Å². The first-order chi connectivity index (χ1) is 4.42. The maximum Gasteiger partial charge on any atom is 0.0518 e. The zero-order chi connectivity index (χ0) is 8.20. The predicted octanol–water partition coefficient (Wildman–Crippen LogP) is 2.98. The number of rotatable bonds is 4. The van der Waals surface area contributed by atoms with E-state index in [1.165, 1.54) is 0 Å². The van der Waals surface area contributed by atoms with E-state index in [-0.39, 0.29) is 4.32 Å². The van der Waals surface area contributed by atoms with Crippen molar-refractivity contribution in [3.63, 3.8) is 0 Å². The van der Waals surface area contributed by atoms with Gasteiger partial charge in [-0.15, -0.1) is 0 Å². The number of hydrogen-bond acceptors (Lipinski definition) is 1. The molecule has 0 saturated carbocycles. The number of alkyl halides is 1. The van der Waals surface area contributed by atoms with Gasteiger partial charge in [0.1, 0.15) is 0 Å². The Labute approximate surface area is 72.3 Å². The van der Waals surface area contributed by atoms with Crippen LogP contribution in [0.1, 0.15) is 34.1 Å². The van der Waals surface area contributed by atoms with Crippen molar-refractivity contribution in [1.29, 1.82) is 0 Å². The molecule has 0 unspecified atom stereocenters. The van der Waals surface area contributed by atoms with Crippen molar-refractivity contribution in [2.75, 3.05) is 6.61 Å². The second-order valence-electron chi connectivity index (χ2n) is 3.39. The first-order valence-corrected chi connectivity index (χ1v) is 4.51. The van der Waals surface area contributed by atoms with Gasteiger partial charge in [0.15, 0.2) is 0 Å². The summed E-state index contributed by atoms with van der Waals surface area (Å²) in [5.74, 6) is 0. The molecule has 62 valence electrons. The van der Waals surface area contributed by atoms with Gasteiger partial charge in [-0.05, 0) is 34.1 Å². The van der Waals surface area contributed by atoms with Crippen molar-refractivity contribution < 1.29 is 4.74 Å². The summed E-state index contributed by atoms with van der Waals surface area (Å²) in [4.78, 5) is 0. The molecule has 0 aromatic carbocycles. The molecule has 0 saturated heterocycles. The van der Waals surface area contributed by atoms with Crippen molar-refractivity contribution >= 4 is 15.9 Å². The standard InChI is InChI=1S/C8H17BrO/c1-7(2)10-6-5-8(3,4)9/h7H,5-6H2,1-4H3. The van der Waals surface area contributed by atoms with E-state index in [1.54, 1.807) is 0 Å². The maximum atomic E-state index is 5.39. The van der Waals surface area contributed by atoms with Gasteiger partial charge >= 0.3 is 0 Å². The Hall–Kier alpha value is 0.440. The molecule has 0 radical (unpaired) electrons. The molecule has 0 N–H and O–H groups in total. The van der Waals surface area contributed by atoms with Gasteiger partial charge in [-0.1, -0.05) is 15.9 Å². The molecule has 0 aliphatic heterocycles. The number of ether oxygens (including phenoxy) is 1. The van der Waals surface area contributed by atoms with Gasteiger partial charge in [0.25, 0.3) is 0 Å². The van der Waals surface area contributed by atoms with Crippen LogP contribution >= 0.6 is 15.9 Å². The highest BCUT2D eigenvalue weighted by atomic mass is 79.9. The normalized spacial score (nSPS) is 12.6. The first kappa shape index (κ1) is 10.4. The van der Waals surface area contributed by atoms with Gasteiger partial charge in [0, 0.05) is 10.9 Å². The van der Waals surface area contributed by atoms with Crippen molar-refractivity contribution in [2.24, 2.45) is 0 Å². The summed E-state index contributed by atoms with van der Waals surface area (Å²) >= 11 is 3.55. The van der Waals surface area contributed by atoms with E-state index in [0.717, 1.165) is 13.0 Å². The van der Waals surface area contributed by atoms with Crippen molar-refractivity contribution in [3.8, 4) is 0 Å². The third kappa shape index (κ3) is 8.44. The van der Waals surface area contributed by atoms with Crippen molar-refractivity contribution in [1.82, 2.24) is 0 Å². The Morgan fingerprint density at radius 1 is 1.40 bits per heavy atom. The highest BCUT2D eigenvalue weighted by Crippen LogP contribution is 2.20. The molecule has 0 rings (SSSR count). The highest BCUT2D eigenvalue weighted by Gasteiger charge is 2.11. The molecule has 0 aliphatic carbocycles. The van der Waals surface area contributed by atoms with E-state index in [4.69, 9.17) is 4.74 Å². The zero-order valence-electron chi connectivity index (χ0n) is 7.28. The van der Waals surface area contributed by atoms with Crippen LogP contribution in [0.15, 0.2) is 0 Å². The van der Waals surface area contributed by atoms with Gasteiger partial charge in [-0.2, -0.15) is 0 Å². The maximum absolute atomic E-state index is 5.39. The lowest BCUT2D eigenvalue weighted by molar-refractivity contribution is 0.0737. The Balaban J connectivity index is 3.21. The van der Waals surface area contributed by atoms with Crippen LogP contribution < -0.4 is 0 Å². The average molecular weight is 209 g/mol. The summed E-state index contributed by atoms with van der Waals surface area (Å²) < 4.78 is 5.61. The molecule has 0 fully saturated rings. The molecule has 0 aliphatic rings. The van der Waals surface area contributed by atoms with Crippen molar-refractivity contribution in [3.05, 3.63) is 0 Å². The summed E-state index contributed by atoms with van der Waals surface area (Å²) in [6.45, 7) is 9.26. The van der Waals surface area contributed by atoms with E-state index >= 15 is 0 Å². The Bertz CT molecular complexity index is 83.7. The molecule has 0 spiro atoms. The molecule has 0 amide bonds. The fourth-order valence-corrected chi connectivity index (χ4v) is 0.699. The molecule has 0 heterocycles. The Morgan fingerprint density at radius 3 is 2.20 bits per heavy atom. The molecule has 10 heavy (non-hydrogen) atoms. The van der Waals surface area contributed by atoms with Crippen LogP contribution in [-0.4, -0.2) is 17.0 Å². The molecule has 1 nitrogen and oxygen atoms in total. The third-order valence-corrected chi connectivity index (χ3v) is 1.54. The summed E-state index contributed by atoms with van der Waals surface area (Å²) in [7, 11) is 0. The fraction of sp³-hybridized carbons (Fsp3) is 1.00. The third-order valence-electron chi connectivity index (χ3n) is 1.15. The zero-order valence-corrected chi connectivity index (χ0v) is 8.86. The van der Waals surface area contributed by atoms with Gasteiger partial charge in [0.05, 0.1) is 6.10 Å². The topological polar surface area (TPSA) is 9.23 Å². The van der Waals surface area contributed by atoms with Gasteiger partial charge in [-0.25, -0.2) is 0 Å². The fourth-order valence-electron chi connectivity index (χ4n) is 0.537. The van der Waals surface area contributed by atoms with Crippen LogP contribution in [0.25, 0.3) is 0 Å². The summed E-state index contributed by atoms with van der Waals surface area (Å²) in [6, 6.07) is 0. The molecular formula is C8H17BrO. The first-order valence-electron chi connectivity index (χ1n) is 3.72. The average Bonchev–Trinajstić information content (AvgIpc) is 1.59. The van der Waals surface area contributed by atoms with Crippen LogP contribution in [0.5, 0.6) is 0 Å². The summed E-state index contributed by atoms with van der Waals surface area (Å²) in [5, 5.41) is 0. The minimum atomic E-state index is 0.224. The van der Waals surface area contributed by atoms with Gasteiger partial charge < -0.3 is 4.74 Å².